The van der Waals surface area contributed by atoms with Crippen LogP contribution in [0.2, 0.25) is 0 Å². The van der Waals surface area contributed by atoms with Gasteiger partial charge in [-0.1, -0.05) is 12.1 Å². The molecule has 20 heavy (non-hydrogen) atoms. The second-order valence-corrected chi connectivity index (χ2v) is 5.12. The van der Waals surface area contributed by atoms with Gasteiger partial charge < -0.3 is 19.7 Å². The molecule has 108 valence electrons. The third-order valence-electron chi connectivity index (χ3n) is 3.65. The van der Waals surface area contributed by atoms with Gasteiger partial charge in [0.15, 0.2) is 0 Å². The van der Waals surface area contributed by atoms with Gasteiger partial charge in [-0.05, 0) is 18.6 Å². The number of hydrogen-bond acceptors (Lipinski definition) is 4. The van der Waals surface area contributed by atoms with Gasteiger partial charge in [0.2, 0.25) is 5.91 Å². The van der Waals surface area contributed by atoms with E-state index in [1.807, 2.05) is 29.2 Å². The van der Waals surface area contributed by atoms with Crippen LogP contribution in [0.4, 0.5) is 5.69 Å². The zero-order valence-electron chi connectivity index (χ0n) is 11.5. The standard InChI is InChI=1S/C15H20N2O3/c18-15(10-12-11-16-6-9-19-12)17-7-3-8-20-14-5-2-1-4-13(14)17/h1-2,4-5,12,16H,3,6-11H2. The van der Waals surface area contributed by atoms with Crippen molar-refractivity contribution in [3.63, 3.8) is 0 Å². The molecule has 1 saturated heterocycles. The maximum atomic E-state index is 12.5. The predicted octanol–water partition coefficient (Wildman–Crippen LogP) is 1.18. The Morgan fingerprint density at radius 2 is 2.25 bits per heavy atom. The van der Waals surface area contributed by atoms with Gasteiger partial charge in [-0.3, -0.25) is 4.79 Å². The molecule has 0 aromatic heterocycles. The Balaban J connectivity index is 1.73. The second kappa shape index (κ2) is 6.24. The molecule has 0 saturated carbocycles. The lowest BCUT2D eigenvalue weighted by atomic mass is 10.1. The fraction of sp³-hybridized carbons (Fsp3) is 0.533. The Morgan fingerprint density at radius 1 is 1.35 bits per heavy atom. The summed E-state index contributed by atoms with van der Waals surface area (Å²) < 4.78 is 11.3. The highest BCUT2D eigenvalue weighted by molar-refractivity contribution is 5.95. The molecule has 1 amide bonds. The van der Waals surface area contributed by atoms with Crippen LogP contribution < -0.4 is 15.0 Å². The monoisotopic (exact) mass is 276 g/mol. The molecule has 1 unspecified atom stereocenters. The number of ether oxygens (including phenoxy) is 2. The Morgan fingerprint density at radius 3 is 3.10 bits per heavy atom. The molecule has 0 radical (unpaired) electrons. The number of hydrogen-bond donors (Lipinski definition) is 1. The molecule has 1 aromatic carbocycles. The van der Waals surface area contributed by atoms with Crippen LogP contribution >= 0.6 is 0 Å². The van der Waals surface area contributed by atoms with E-state index in [0.717, 1.165) is 30.9 Å². The molecule has 5 nitrogen and oxygen atoms in total. The summed E-state index contributed by atoms with van der Waals surface area (Å²) in [5, 5.41) is 3.25. The van der Waals surface area contributed by atoms with Crippen LogP contribution in [0.5, 0.6) is 5.75 Å². The SMILES string of the molecule is O=C(CC1CNCCO1)N1CCCOc2ccccc21. The largest absolute Gasteiger partial charge is 0.491 e. The van der Waals surface area contributed by atoms with Gasteiger partial charge in [0.1, 0.15) is 5.75 Å². The summed E-state index contributed by atoms with van der Waals surface area (Å²) in [5.74, 6) is 0.901. The number of carbonyl (C=O) groups is 1. The van der Waals surface area contributed by atoms with Crippen molar-refractivity contribution in [2.75, 3.05) is 37.7 Å². The van der Waals surface area contributed by atoms with Crippen LogP contribution in [-0.2, 0) is 9.53 Å². The normalized spacial score (nSPS) is 22.6. The summed E-state index contributed by atoms with van der Waals surface area (Å²) in [7, 11) is 0. The molecule has 1 N–H and O–H groups in total. The number of carbonyl (C=O) groups excluding carboxylic acids is 1. The summed E-state index contributed by atoms with van der Waals surface area (Å²) in [4.78, 5) is 14.4. The number of rotatable bonds is 2. The van der Waals surface area contributed by atoms with Gasteiger partial charge >= 0.3 is 0 Å². The second-order valence-electron chi connectivity index (χ2n) is 5.12. The maximum absolute atomic E-state index is 12.5. The number of nitrogens with one attached hydrogen (secondary N) is 1. The number of amides is 1. The van der Waals surface area contributed by atoms with Crippen molar-refractivity contribution in [1.29, 1.82) is 0 Å². The fourth-order valence-corrected chi connectivity index (χ4v) is 2.64. The van der Waals surface area contributed by atoms with E-state index < -0.39 is 0 Å². The minimum Gasteiger partial charge on any atom is -0.491 e. The lowest BCUT2D eigenvalue weighted by molar-refractivity contribution is -0.121. The molecule has 3 rings (SSSR count). The van der Waals surface area contributed by atoms with E-state index in [1.54, 1.807) is 0 Å². The van der Waals surface area contributed by atoms with E-state index in [4.69, 9.17) is 9.47 Å². The molecule has 1 fully saturated rings. The van der Waals surface area contributed by atoms with Crippen LogP contribution in [-0.4, -0.2) is 44.9 Å². The van der Waals surface area contributed by atoms with Gasteiger partial charge in [-0.2, -0.15) is 0 Å². The van der Waals surface area contributed by atoms with E-state index in [0.29, 0.717) is 26.2 Å². The van der Waals surface area contributed by atoms with Crippen LogP contribution in [0.3, 0.4) is 0 Å². The zero-order chi connectivity index (χ0) is 13.8. The lowest BCUT2D eigenvalue weighted by Crippen LogP contribution is -2.42. The topological polar surface area (TPSA) is 50.8 Å². The van der Waals surface area contributed by atoms with Crippen molar-refractivity contribution in [2.24, 2.45) is 0 Å². The van der Waals surface area contributed by atoms with Gasteiger partial charge in [-0.25, -0.2) is 0 Å². The smallest absolute Gasteiger partial charge is 0.229 e. The molecule has 0 aliphatic carbocycles. The number of para-hydroxylation sites is 2. The highest BCUT2D eigenvalue weighted by atomic mass is 16.5. The summed E-state index contributed by atoms with van der Waals surface area (Å²) in [6, 6.07) is 7.73. The molecule has 0 spiro atoms. The number of morpholine rings is 1. The Hall–Kier alpha value is -1.59. The van der Waals surface area contributed by atoms with Gasteiger partial charge in [-0.15, -0.1) is 0 Å². The van der Waals surface area contributed by atoms with Gasteiger partial charge in [0.25, 0.3) is 0 Å². The van der Waals surface area contributed by atoms with Crippen LogP contribution in [0.25, 0.3) is 0 Å². The van der Waals surface area contributed by atoms with Crippen LogP contribution in [0, 0.1) is 0 Å². The number of benzene rings is 1. The Kier molecular flexibility index (Phi) is 4.18. The fourth-order valence-electron chi connectivity index (χ4n) is 2.64. The highest BCUT2D eigenvalue weighted by Crippen LogP contribution is 2.31. The number of fused-ring (bicyclic) bond motifs is 1. The maximum Gasteiger partial charge on any atom is 0.229 e. The van der Waals surface area contributed by atoms with Crippen molar-refractivity contribution in [1.82, 2.24) is 5.32 Å². The Labute approximate surface area is 118 Å². The molecule has 1 aromatic rings. The molecular weight excluding hydrogens is 256 g/mol. The minimum absolute atomic E-state index is 0.0208. The van der Waals surface area contributed by atoms with Crippen LogP contribution in [0.15, 0.2) is 24.3 Å². The molecule has 0 bridgehead atoms. The first-order chi connectivity index (χ1) is 9.84. The van der Waals surface area contributed by atoms with E-state index in [1.165, 1.54) is 0 Å². The van der Waals surface area contributed by atoms with Gasteiger partial charge in [0, 0.05) is 19.6 Å². The van der Waals surface area contributed by atoms with Crippen molar-refractivity contribution in [2.45, 2.75) is 18.9 Å². The summed E-state index contributed by atoms with van der Waals surface area (Å²) in [6.07, 6.45) is 1.25. The average Bonchev–Trinajstić information content (AvgIpc) is 2.70. The predicted molar refractivity (Wildman–Crippen MR) is 76.1 cm³/mol. The quantitative estimate of drug-likeness (QED) is 0.881. The van der Waals surface area contributed by atoms with Crippen LogP contribution in [0.1, 0.15) is 12.8 Å². The van der Waals surface area contributed by atoms with Crippen molar-refractivity contribution >= 4 is 11.6 Å². The summed E-state index contributed by atoms with van der Waals surface area (Å²) in [5.41, 5.74) is 0.874. The molecule has 2 aliphatic rings. The zero-order valence-corrected chi connectivity index (χ0v) is 11.5. The minimum atomic E-state index is -0.0208. The summed E-state index contributed by atoms with van der Waals surface area (Å²) in [6.45, 7) is 3.65. The summed E-state index contributed by atoms with van der Waals surface area (Å²) >= 11 is 0. The molecule has 2 heterocycles. The molecular formula is C15H20N2O3. The average molecular weight is 276 g/mol. The first-order valence-electron chi connectivity index (χ1n) is 7.19. The van der Waals surface area contributed by atoms with E-state index in [2.05, 4.69) is 5.32 Å². The van der Waals surface area contributed by atoms with E-state index in [-0.39, 0.29) is 12.0 Å². The van der Waals surface area contributed by atoms with E-state index >= 15 is 0 Å². The lowest BCUT2D eigenvalue weighted by Gasteiger charge is -2.27. The van der Waals surface area contributed by atoms with Crippen molar-refractivity contribution in [3.05, 3.63) is 24.3 Å². The van der Waals surface area contributed by atoms with Gasteiger partial charge in [0.05, 0.1) is 31.4 Å². The number of anilines is 1. The van der Waals surface area contributed by atoms with E-state index in [9.17, 15) is 4.79 Å². The number of nitrogens with zero attached hydrogens (tertiary/aromatic N) is 1. The van der Waals surface area contributed by atoms with Crippen molar-refractivity contribution in [3.8, 4) is 5.75 Å². The molecule has 1 atom stereocenters. The third kappa shape index (κ3) is 2.94. The third-order valence-corrected chi connectivity index (χ3v) is 3.65. The molecule has 5 heteroatoms. The Bertz CT molecular complexity index is 472. The first-order valence-corrected chi connectivity index (χ1v) is 7.19. The highest BCUT2D eigenvalue weighted by Gasteiger charge is 2.25. The molecule has 2 aliphatic heterocycles. The first kappa shape index (κ1) is 13.4. The van der Waals surface area contributed by atoms with Crippen molar-refractivity contribution < 1.29 is 14.3 Å².